The van der Waals surface area contributed by atoms with Crippen LogP contribution in [0.25, 0.3) is 0 Å². The number of aryl methyl sites for hydroxylation is 1. The van der Waals surface area contributed by atoms with Crippen molar-refractivity contribution in [3.8, 4) is 0 Å². The fourth-order valence-corrected chi connectivity index (χ4v) is 2.40. The number of amides is 1. The van der Waals surface area contributed by atoms with E-state index in [0.29, 0.717) is 0 Å². The first kappa shape index (κ1) is 18.2. The van der Waals surface area contributed by atoms with Crippen LogP contribution in [0.4, 0.5) is 0 Å². The second kappa shape index (κ2) is 7.40. The highest BCUT2D eigenvalue weighted by Crippen LogP contribution is 2.11. The molecule has 7 heteroatoms. The molecule has 0 aliphatic rings. The zero-order chi connectivity index (χ0) is 16.9. The van der Waals surface area contributed by atoms with Crippen LogP contribution in [0.1, 0.15) is 18.1 Å². The summed E-state index contributed by atoms with van der Waals surface area (Å²) in [5.74, 6) is -2.52. The second-order valence-electron chi connectivity index (χ2n) is 5.45. The summed E-state index contributed by atoms with van der Waals surface area (Å²) >= 11 is 0. The number of aliphatic carboxylic acids is 1. The van der Waals surface area contributed by atoms with Crippen molar-refractivity contribution in [3.63, 3.8) is 0 Å². The molecule has 2 N–H and O–H groups in total. The van der Waals surface area contributed by atoms with E-state index in [0.717, 1.165) is 17.4 Å². The van der Waals surface area contributed by atoms with E-state index in [2.05, 4.69) is 5.32 Å². The molecule has 0 fully saturated rings. The number of hydrogen-bond acceptors (Lipinski definition) is 4. The molecule has 0 aliphatic heterocycles. The van der Waals surface area contributed by atoms with Gasteiger partial charge in [-0.15, -0.1) is 0 Å². The molecule has 1 aromatic rings. The van der Waals surface area contributed by atoms with Crippen LogP contribution in [-0.2, 0) is 25.8 Å². The number of sulfone groups is 1. The van der Waals surface area contributed by atoms with E-state index in [1.165, 1.54) is 6.92 Å². The van der Waals surface area contributed by atoms with Crippen LogP contribution in [0.3, 0.4) is 0 Å². The maximum atomic E-state index is 11.7. The molecule has 0 aliphatic carbocycles. The molecule has 122 valence electrons. The molecule has 2 unspecified atom stereocenters. The Bertz CT molecular complexity index is 654. The third kappa shape index (κ3) is 5.48. The number of carboxylic acids is 1. The number of carbonyl (C=O) groups excluding carboxylic acids is 1. The maximum absolute atomic E-state index is 11.7. The minimum absolute atomic E-state index is 0.109. The van der Waals surface area contributed by atoms with Crippen LogP contribution in [0, 0.1) is 12.8 Å². The number of carboxylic acid groups (broad SMARTS) is 1. The Morgan fingerprint density at radius 3 is 2.45 bits per heavy atom. The van der Waals surface area contributed by atoms with Gasteiger partial charge in [-0.2, -0.15) is 0 Å². The predicted molar refractivity (Wildman–Crippen MR) is 83.3 cm³/mol. The normalized spacial score (nSPS) is 14.1. The Balaban J connectivity index is 2.70. The summed E-state index contributed by atoms with van der Waals surface area (Å²) in [6.45, 7) is 3.08. The van der Waals surface area contributed by atoms with Crippen molar-refractivity contribution in [2.24, 2.45) is 5.92 Å². The van der Waals surface area contributed by atoms with Crippen molar-refractivity contribution < 1.29 is 23.1 Å². The molecule has 2 atom stereocenters. The topological polar surface area (TPSA) is 101 Å². The Kier molecular flexibility index (Phi) is 6.11. The van der Waals surface area contributed by atoms with Crippen LogP contribution in [0.2, 0.25) is 0 Å². The molecule has 1 rings (SSSR count). The van der Waals surface area contributed by atoms with E-state index in [4.69, 9.17) is 0 Å². The van der Waals surface area contributed by atoms with Gasteiger partial charge in [0.1, 0.15) is 5.25 Å². The van der Waals surface area contributed by atoms with Gasteiger partial charge >= 0.3 is 5.97 Å². The Morgan fingerprint density at radius 1 is 1.32 bits per heavy atom. The van der Waals surface area contributed by atoms with Gasteiger partial charge in [-0.1, -0.05) is 29.8 Å². The van der Waals surface area contributed by atoms with Gasteiger partial charge in [-0.3, -0.25) is 9.59 Å². The lowest BCUT2D eigenvalue weighted by Gasteiger charge is -2.16. The first-order chi connectivity index (χ1) is 10.1. The third-order valence-corrected chi connectivity index (χ3v) is 4.95. The van der Waals surface area contributed by atoms with Crippen LogP contribution >= 0.6 is 0 Å². The Morgan fingerprint density at radius 2 is 1.95 bits per heavy atom. The van der Waals surface area contributed by atoms with Gasteiger partial charge in [0.25, 0.3) is 0 Å². The lowest BCUT2D eigenvalue weighted by molar-refractivity contribution is -0.141. The van der Waals surface area contributed by atoms with Gasteiger partial charge in [-0.25, -0.2) is 8.42 Å². The molecule has 0 saturated carbocycles. The maximum Gasteiger partial charge on any atom is 0.308 e. The lowest BCUT2D eigenvalue weighted by Crippen LogP contribution is -2.41. The van der Waals surface area contributed by atoms with E-state index in [-0.39, 0.29) is 13.0 Å². The fourth-order valence-electron chi connectivity index (χ4n) is 1.93. The fraction of sp³-hybridized carbons (Fsp3) is 0.467. The predicted octanol–water partition coefficient (Wildman–Crippen LogP) is 0.788. The van der Waals surface area contributed by atoms with Crippen molar-refractivity contribution in [2.75, 3.05) is 12.8 Å². The Labute approximate surface area is 130 Å². The van der Waals surface area contributed by atoms with E-state index in [1.807, 2.05) is 31.2 Å². The largest absolute Gasteiger partial charge is 0.481 e. The molecule has 0 spiro atoms. The van der Waals surface area contributed by atoms with Crippen molar-refractivity contribution in [1.82, 2.24) is 5.32 Å². The van der Waals surface area contributed by atoms with Gasteiger partial charge in [0, 0.05) is 12.8 Å². The summed E-state index contributed by atoms with van der Waals surface area (Å²) in [7, 11) is -3.49. The summed E-state index contributed by atoms with van der Waals surface area (Å²) in [6.07, 6.45) is 1.24. The summed E-state index contributed by atoms with van der Waals surface area (Å²) < 4.78 is 22.6. The van der Waals surface area contributed by atoms with E-state index in [9.17, 15) is 23.1 Å². The minimum atomic E-state index is -3.49. The number of benzene rings is 1. The van der Waals surface area contributed by atoms with Gasteiger partial charge in [-0.05, 0) is 25.8 Å². The average molecular weight is 327 g/mol. The van der Waals surface area contributed by atoms with Crippen molar-refractivity contribution in [3.05, 3.63) is 35.4 Å². The van der Waals surface area contributed by atoms with Gasteiger partial charge in [0.15, 0.2) is 9.84 Å². The number of carbonyl (C=O) groups is 2. The average Bonchev–Trinajstić information content (AvgIpc) is 2.40. The lowest BCUT2D eigenvalue weighted by atomic mass is 9.98. The summed E-state index contributed by atoms with van der Waals surface area (Å²) in [6, 6.07) is 7.46. The van der Waals surface area contributed by atoms with E-state index >= 15 is 0 Å². The first-order valence-corrected chi connectivity index (χ1v) is 8.81. The molecular formula is C15H21NO5S. The highest BCUT2D eigenvalue weighted by molar-refractivity contribution is 7.92. The smallest absolute Gasteiger partial charge is 0.308 e. The zero-order valence-electron chi connectivity index (χ0n) is 12.9. The summed E-state index contributed by atoms with van der Waals surface area (Å²) in [4.78, 5) is 23.0. The molecule has 6 nitrogen and oxygen atoms in total. The standard InChI is InChI=1S/C15H21NO5S/c1-10-5-4-6-12(7-10)8-13(15(18)19)9-16-14(17)11(2)22(3,20)21/h4-7,11,13H,8-9H2,1-3H3,(H,16,17)(H,18,19). The molecule has 1 amide bonds. The quantitative estimate of drug-likeness (QED) is 0.771. The minimum Gasteiger partial charge on any atom is -0.481 e. The molecule has 0 bridgehead atoms. The third-order valence-electron chi connectivity index (χ3n) is 3.45. The molecule has 1 aromatic carbocycles. The molecule has 0 saturated heterocycles. The number of rotatable bonds is 7. The summed E-state index contributed by atoms with van der Waals surface area (Å²) in [5, 5.41) is 10.5. The van der Waals surface area contributed by atoms with Crippen molar-refractivity contribution in [2.45, 2.75) is 25.5 Å². The second-order valence-corrected chi connectivity index (χ2v) is 7.81. The first-order valence-electron chi connectivity index (χ1n) is 6.86. The van der Waals surface area contributed by atoms with Crippen molar-refractivity contribution in [1.29, 1.82) is 0 Å². The van der Waals surface area contributed by atoms with Crippen molar-refractivity contribution >= 4 is 21.7 Å². The van der Waals surface area contributed by atoms with Gasteiger partial charge in [0.2, 0.25) is 5.91 Å². The van der Waals surface area contributed by atoms with E-state index in [1.54, 1.807) is 0 Å². The van der Waals surface area contributed by atoms with Crippen LogP contribution in [0.5, 0.6) is 0 Å². The molecule has 0 aromatic heterocycles. The SMILES string of the molecule is Cc1cccc(CC(CNC(=O)C(C)S(C)(=O)=O)C(=O)O)c1. The highest BCUT2D eigenvalue weighted by atomic mass is 32.2. The summed E-state index contributed by atoms with van der Waals surface area (Å²) in [5.41, 5.74) is 1.88. The van der Waals surface area contributed by atoms with Crippen LogP contribution < -0.4 is 5.32 Å². The molecule has 0 heterocycles. The molecule has 22 heavy (non-hydrogen) atoms. The van der Waals surface area contributed by atoms with Gasteiger partial charge in [0.05, 0.1) is 5.92 Å². The van der Waals surface area contributed by atoms with Crippen LogP contribution in [0.15, 0.2) is 24.3 Å². The van der Waals surface area contributed by atoms with Gasteiger partial charge < -0.3 is 10.4 Å². The highest BCUT2D eigenvalue weighted by Gasteiger charge is 2.25. The molecular weight excluding hydrogens is 306 g/mol. The van der Waals surface area contributed by atoms with E-state index < -0.39 is 32.9 Å². The number of nitrogens with one attached hydrogen (secondary N) is 1. The monoisotopic (exact) mass is 327 g/mol. The number of hydrogen-bond donors (Lipinski definition) is 2. The molecule has 0 radical (unpaired) electrons. The van der Waals surface area contributed by atoms with Crippen LogP contribution in [-0.4, -0.2) is 43.5 Å². The Hall–Kier alpha value is -1.89. The zero-order valence-corrected chi connectivity index (χ0v) is 13.7.